The molecule has 104 valence electrons. The Labute approximate surface area is 124 Å². The first-order valence-electron chi connectivity index (χ1n) is 5.14. The number of rotatable bonds is 3. The van der Waals surface area contributed by atoms with Gasteiger partial charge in [-0.05, 0) is 22.0 Å². The molecule has 1 aliphatic heterocycles. The smallest absolute Gasteiger partial charge is 0.303 e. The minimum Gasteiger partial charge on any atom is -0.303 e. The van der Waals surface area contributed by atoms with Crippen LogP contribution in [0.4, 0.5) is 10.1 Å². The van der Waals surface area contributed by atoms with Crippen molar-refractivity contribution in [3.05, 3.63) is 38.1 Å². The van der Waals surface area contributed by atoms with Crippen molar-refractivity contribution in [2.75, 3.05) is 5.75 Å². The summed E-state index contributed by atoms with van der Waals surface area (Å²) in [7, 11) is 0. The SMILES string of the molecule is O=C1CSC(=NN=Cc2cc(F)c([N+](=O)[O-])cc2Br)N1. The van der Waals surface area contributed by atoms with Crippen molar-refractivity contribution in [1.82, 2.24) is 5.32 Å². The van der Waals surface area contributed by atoms with E-state index in [4.69, 9.17) is 0 Å². The zero-order valence-corrected chi connectivity index (χ0v) is 12.1. The first kappa shape index (κ1) is 14.6. The molecule has 2 rings (SSSR count). The minimum atomic E-state index is -0.962. The van der Waals surface area contributed by atoms with E-state index in [1.165, 1.54) is 18.0 Å². The molecule has 1 heterocycles. The van der Waals surface area contributed by atoms with Gasteiger partial charge in [0.2, 0.25) is 11.7 Å². The molecule has 1 fully saturated rings. The van der Waals surface area contributed by atoms with E-state index in [9.17, 15) is 19.3 Å². The Morgan fingerprint density at radius 1 is 1.55 bits per heavy atom. The highest BCUT2D eigenvalue weighted by atomic mass is 79.9. The first-order chi connectivity index (χ1) is 9.47. The van der Waals surface area contributed by atoms with Gasteiger partial charge in [0.25, 0.3) is 0 Å². The second-order valence-electron chi connectivity index (χ2n) is 3.57. The van der Waals surface area contributed by atoms with Crippen LogP contribution in [0.3, 0.4) is 0 Å². The number of amides is 1. The molecule has 20 heavy (non-hydrogen) atoms. The molecule has 1 amide bonds. The van der Waals surface area contributed by atoms with Crippen LogP contribution >= 0.6 is 27.7 Å². The van der Waals surface area contributed by atoms with Crippen molar-refractivity contribution in [2.24, 2.45) is 10.2 Å². The fourth-order valence-electron chi connectivity index (χ4n) is 1.31. The molecule has 1 aromatic carbocycles. The Morgan fingerprint density at radius 3 is 2.90 bits per heavy atom. The third kappa shape index (κ3) is 3.39. The van der Waals surface area contributed by atoms with Crippen LogP contribution in [0.15, 0.2) is 26.8 Å². The van der Waals surface area contributed by atoms with Crippen molar-refractivity contribution in [3.8, 4) is 0 Å². The Balaban J connectivity index is 2.20. The summed E-state index contributed by atoms with van der Waals surface area (Å²) < 4.78 is 13.8. The molecule has 0 aliphatic carbocycles. The fraction of sp³-hybridized carbons (Fsp3) is 0.100. The number of amidine groups is 1. The zero-order chi connectivity index (χ0) is 14.7. The van der Waals surface area contributed by atoms with Gasteiger partial charge in [0.15, 0.2) is 5.17 Å². The highest BCUT2D eigenvalue weighted by Gasteiger charge is 2.17. The van der Waals surface area contributed by atoms with Crippen molar-refractivity contribution < 1.29 is 14.1 Å². The molecule has 0 bridgehead atoms. The predicted molar refractivity (Wildman–Crippen MR) is 76.4 cm³/mol. The van der Waals surface area contributed by atoms with Crippen LogP contribution in [-0.2, 0) is 4.79 Å². The molecule has 1 aromatic rings. The summed E-state index contributed by atoms with van der Waals surface area (Å²) in [6.07, 6.45) is 1.23. The van der Waals surface area contributed by atoms with Crippen molar-refractivity contribution in [1.29, 1.82) is 0 Å². The molecule has 10 heteroatoms. The number of thioether (sulfide) groups is 1. The van der Waals surface area contributed by atoms with E-state index in [-0.39, 0.29) is 11.7 Å². The molecule has 1 saturated heterocycles. The molecule has 1 N–H and O–H groups in total. The molecule has 1 aliphatic rings. The number of carbonyl (C=O) groups is 1. The topological polar surface area (TPSA) is 97.0 Å². The highest BCUT2D eigenvalue weighted by molar-refractivity contribution is 9.10. The molecule has 0 saturated carbocycles. The number of nitrogens with one attached hydrogen (secondary N) is 1. The van der Waals surface area contributed by atoms with Gasteiger partial charge in [-0.2, -0.15) is 9.49 Å². The number of hydrogen-bond acceptors (Lipinski definition) is 6. The number of nitrogens with zero attached hydrogens (tertiary/aromatic N) is 3. The monoisotopic (exact) mass is 360 g/mol. The number of nitro groups is 1. The van der Waals surface area contributed by atoms with Crippen molar-refractivity contribution >= 4 is 50.7 Å². The largest absolute Gasteiger partial charge is 0.305 e. The van der Waals surface area contributed by atoms with Gasteiger partial charge in [-0.3, -0.25) is 14.9 Å². The summed E-state index contributed by atoms with van der Waals surface area (Å²) in [5.74, 6) is -0.841. The summed E-state index contributed by atoms with van der Waals surface area (Å²) in [6, 6.07) is 2.03. The lowest BCUT2D eigenvalue weighted by molar-refractivity contribution is -0.387. The third-order valence-corrected chi connectivity index (χ3v) is 3.74. The zero-order valence-electron chi connectivity index (χ0n) is 9.67. The molecule has 0 spiro atoms. The van der Waals surface area contributed by atoms with E-state index in [2.05, 4.69) is 31.4 Å². The van der Waals surface area contributed by atoms with E-state index < -0.39 is 16.4 Å². The van der Waals surface area contributed by atoms with Crippen LogP contribution in [0, 0.1) is 15.9 Å². The second-order valence-corrected chi connectivity index (χ2v) is 5.39. The van der Waals surface area contributed by atoms with E-state index in [1.54, 1.807) is 0 Å². The Kier molecular flexibility index (Phi) is 4.45. The summed E-state index contributed by atoms with van der Waals surface area (Å²) in [4.78, 5) is 20.6. The molecule has 0 unspecified atom stereocenters. The van der Waals surface area contributed by atoms with Crippen LogP contribution in [0.2, 0.25) is 0 Å². The van der Waals surface area contributed by atoms with Gasteiger partial charge in [-0.25, -0.2) is 0 Å². The third-order valence-electron chi connectivity index (χ3n) is 2.19. The average molecular weight is 361 g/mol. The lowest BCUT2D eigenvalue weighted by Crippen LogP contribution is -2.19. The van der Waals surface area contributed by atoms with E-state index in [0.29, 0.717) is 15.2 Å². The number of hydrogen-bond donors (Lipinski definition) is 1. The van der Waals surface area contributed by atoms with Crippen molar-refractivity contribution in [2.45, 2.75) is 0 Å². The summed E-state index contributed by atoms with van der Waals surface area (Å²) in [6.45, 7) is 0. The van der Waals surface area contributed by atoms with Gasteiger partial charge in [-0.1, -0.05) is 11.8 Å². The summed E-state index contributed by atoms with van der Waals surface area (Å²) in [5.41, 5.74) is -0.328. The van der Waals surface area contributed by atoms with Gasteiger partial charge in [0, 0.05) is 16.1 Å². The minimum absolute atomic E-state index is 0.161. The van der Waals surface area contributed by atoms with Crippen LogP contribution in [0.25, 0.3) is 0 Å². The Bertz CT molecular complexity index is 650. The van der Waals surface area contributed by atoms with E-state index in [0.717, 1.165) is 12.1 Å². The lowest BCUT2D eigenvalue weighted by atomic mass is 10.2. The maximum absolute atomic E-state index is 13.4. The van der Waals surface area contributed by atoms with Gasteiger partial charge in [-0.15, -0.1) is 5.10 Å². The lowest BCUT2D eigenvalue weighted by Gasteiger charge is -1.99. The predicted octanol–water partition coefficient (Wildman–Crippen LogP) is 2.05. The maximum atomic E-state index is 13.4. The summed E-state index contributed by atoms with van der Waals surface area (Å²) >= 11 is 4.29. The molecular formula is C10H6BrFN4O3S. The summed E-state index contributed by atoms with van der Waals surface area (Å²) in [5, 5.41) is 20.8. The standard InChI is InChI=1S/C10H6BrFN4O3S/c11-6-2-8(16(18)19)7(12)1-5(6)3-13-15-10-14-9(17)4-20-10/h1-3H,4H2,(H,14,15,17). The Morgan fingerprint density at radius 2 is 2.30 bits per heavy atom. The van der Waals surface area contributed by atoms with Crippen LogP contribution in [0.1, 0.15) is 5.56 Å². The molecular weight excluding hydrogens is 355 g/mol. The van der Waals surface area contributed by atoms with Gasteiger partial charge in [0.05, 0.1) is 16.9 Å². The van der Waals surface area contributed by atoms with Crippen molar-refractivity contribution in [3.63, 3.8) is 0 Å². The van der Waals surface area contributed by atoms with Crippen LogP contribution in [-0.4, -0.2) is 28.0 Å². The molecule has 0 aromatic heterocycles. The number of nitro benzene ring substituents is 1. The average Bonchev–Trinajstić information content (AvgIpc) is 2.78. The van der Waals surface area contributed by atoms with Gasteiger partial charge in [0.1, 0.15) is 0 Å². The first-order valence-corrected chi connectivity index (χ1v) is 6.92. The number of halogens is 2. The maximum Gasteiger partial charge on any atom is 0.305 e. The van der Waals surface area contributed by atoms with Gasteiger partial charge < -0.3 is 5.32 Å². The van der Waals surface area contributed by atoms with Crippen LogP contribution < -0.4 is 5.32 Å². The second kappa shape index (κ2) is 6.09. The fourth-order valence-corrected chi connectivity index (χ4v) is 2.38. The van der Waals surface area contributed by atoms with E-state index in [1.807, 2.05) is 0 Å². The van der Waals surface area contributed by atoms with Gasteiger partial charge >= 0.3 is 5.69 Å². The molecule has 7 nitrogen and oxygen atoms in total. The number of carbonyl (C=O) groups excluding carboxylic acids is 1. The van der Waals surface area contributed by atoms with Crippen LogP contribution in [0.5, 0.6) is 0 Å². The molecule has 0 radical (unpaired) electrons. The quantitative estimate of drug-likeness (QED) is 0.506. The van der Waals surface area contributed by atoms with E-state index >= 15 is 0 Å². The molecule has 0 atom stereocenters. The number of benzene rings is 1. The normalized spacial score (nSPS) is 16.9. The Hall–Kier alpha value is -1.81. The highest BCUT2D eigenvalue weighted by Crippen LogP contribution is 2.25.